The maximum Gasteiger partial charge on any atom is 0.354 e. The first kappa shape index (κ1) is 16.6. The zero-order valence-electron chi connectivity index (χ0n) is 14.9. The van der Waals surface area contributed by atoms with E-state index in [0.717, 1.165) is 38.0 Å². The second-order valence-electron chi connectivity index (χ2n) is 7.09. The predicted molar refractivity (Wildman–Crippen MR) is 102 cm³/mol. The SMILES string of the molecule is Cc1nc2ccc(N3CCC(Cc4ccccc4)CC3)cn2c1C(=O)O. The van der Waals surface area contributed by atoms with Crippen molar-refractivity contribution in [1.82, 2.24) is 9.38 Å². The van der Waals surface area contributed by atoms with Crippen molar-refractivity contribution in [2.24, 2.45) is 5.92 Å². The molecule has 1 fully saturated rings. The molecule has 5 heteroatoms. The molecule has 2 aromatic heterocycles. The first-order valence-corrected chi connectivity index (χ1v) is 9.12. The number of hydrogen-bond donors (Lipinski definition) is 1. The molecule has 1 aromatic carbocycles. The summed E-state index contributed by atoms with van der Waals surface area (Å²) >= 11 is 0. The van der Waals surface area contributed by atoms with Crippen LogP contribution in [0.5, 0.6) is 0 Å². The molecule has 134 valence electrons. The number of pyridine rings is 1. The van der Waals surface area contributed by atoms with Gasteiger partial charge < -0.3 is 10.0 Å². The highest BCUT2D eigenvalue weighted by atomic mass is 16.4. The van der Waals surface area contributed by atoms with Gasteiger partial charge >= 0.3 is 5.97 Å². The fourth-order valence-electron chi connectivity index (χ4n) is 3.94. The van der Waals surface area contributed by atoms with Crippen molar-refractivity contribution < 1.29 is 9.90 Å². The van der Waals surface area contributed by atoms with Gasteiger partial charge in [0.1, 0.15) is 5.65 Å². The average molecular weight is 349 g/mol. The Morgan fingerprint density at radius 1 is 1.15 bits per heavy atom. The minimum absolute atomic E-state index is 0.251. The molecule has 0 atom stereocenters. The van der Waals surface area contributed by atoms with Gasteiger partial charge in [0.15, 0.2) is 5.69 Å². The summed E-state index contributed by atoms with van der Waals surface area (Å²) < 4.78 is 1.70. The number of fused-ring (bicyclic) bond motifs is 1. The van der Waals surface area contributed by atoms with Crippen LogP contribution in [0, 0.1) is 12.8 Å². The fraction of sp³-hybridized carbons (Fsp3) is 0.333. The molecule has 26 heavy (non-hydrogen) atoms. The van der Waals surface area contributed by atoms with Crippen molar-refractivity contribution in [1.29, 1.82) is 0 Å². The zero-order chi connectivity index (χ0) is 18.1. The molecule has 0 amide bonds. The van der Waals surface area contributed by atoms with Crippen molar-refractivity contribution in [3.8, 4) is 0 Å². The lowest BCUT2D eigenvalue weighted by molar-refractivity contribution is 0.0688. The third kappa shape index (κ3) is 3.17. The minimum Gasteiger partial charge on any atom is -0.477 e. The second-order valence-corrected chi connectivity index (χ2v) is 7.09. The summed E-state index contributed by atoms with van der Waals surface area (Å²) in [6.07, 6.45) is 5.36. The largest absolute Gasteiger partial charge is 0.477 e. The first-order valence-electron chi connectivity index (χ1n) is 9.12. The van der Waals surface area contributed by atoms with Crippen molar-refractivity contribution in [2.45, 2.75) is 26.2 Å². The van der Waals surface area contributed by atoms with E-state index in [1.165, 1.54) is 5.56 Å². The summed E-state index contributed by atoms with van der Waals surface area (Å²) in [4.78, 5) is 18.2. The maximum atomic E-state index is 11.5. The van der Waals surface area contributed by atoms with Crippen LogP contribution in [0.4, 0.5) is 5.69 Å². The van der Waals surface area contributed by atoms with E-state index in [4.69, 9.17) is 0 Å². The highest BCUT2D eigenvalue weighted by Gasteiger charge is 2.21. The number of nitrogens with zero attached hydrogens (tertiary/aromatic N) is 3. The van der Waals surface area contributed by atoms with E-state index in [0.29, 0.717) is 17.3 Å². The molecule has 1 saturated heterocycles. The molecule has 0 bridgehead atoms. The molecular weight excluding hydrogens is 326 g/mol. The van der Waals surface area contributed by atoms with Crippen LogP contribution in [0.15, 0.2) is 48.7 Å². The van der Waals surface area contributed by atoms with Crippen LogP contribution in [0.25, 0.3) is 5.65 Å². The van der Waals surface area contributed by atoms with Gasteiger partial charge in [-0.2, -0.15) is 0 Å². The summed E-state index contributed by atoms with van der Waals surface area (Å²) in [6, 6.07) is 14.6. The van der Waals surface area contributed by atoms with E-state index in [-0.39, 0.29) is 5.69 Å². The van der Waals surface area contributed by atoms with E-state index in [9.17, 15) is 9.90 Å². The molecule has 5 nitrogen and oxygen atoms in total. The fourth-order valence-corrected chi connectivity index (χ4v) is 3.94. The van der Waals surface area contributed by atoms with Crippen LogP contribution in [-0.4, -0.2) is 33.6 Å². The molecule has 0 spiro atoms. The van der Waals surface area contributed by atoms with Gasteiger partial charge in [-0.25, -0.2) is 9.78 Å². The van der Waals surface area contributed by atoms with Gasteiger partial charge in [-0.05, 0) is 49.8 Å². The van der Waals surface area contributed by atoms with E-state index in [1.54, 1.807) is 11.3 Å². The Bertz CT molecular complexity index is 925. The number of aryl methyl sites for hydroxylation is 1. The highest BCUT2D eigenvalue weighted by Crippen LogP contribution is 2.26. The summed E-state index contributed by atoms with van der Waals surface area (Å²) in [5.41, 5.74) is 3.96. The lowest BCUT2D eigenvalue weighted by Gasteiger charge is -2.33. The lowest BCUT2D eigenvalue weighted by Crippen LogP contribution is -2.34. The Kier molecular flexibility index (Phi) is 4.37. The molecule has 1 aliphatic heterocycles. The van der Waals surface area contributed by atoms with E-state index in [2.05, 4.69) is 40.2 Å². The number of anilines is 1. The van der Waals surface area contributed by atoms with Crippen LogP contribution in [-0.2, 0) is 6.42 Å². The lowest BCUT2D eigenvalue weighted by atomic mass is 9.90. The van der Waals surface area contributed by atoms with E-state index in [1.807, 2.05) is 18.3 Å². The molecule has 0 saturated carbocycles. The number of benzene rings is 1. The molecule has 1 aliphatic rings. The number of piperidine rings is 1. The summed E-state index contributed by atoms with van der Waals surface area (Å²) in [5.74, 6) is -0.226. The van der Waals surface area contributed by atoms with Gasteiger partial charge in [0.25, 0.3) is 0 Å². The van der Waals surface area contributed by atoms with Crippen LogP contribution in [0.3, 0.4) is 0 Å². The van der Waals surface area contributed by atoms with Crippen LogP contribution >= 0.6 is 0 Å². The number of aromatic carboxylic acids is 1. The Balaban J connectivity index is 1.49. The second kappa shape index (κ2) is 6.83. The summed E-state index contributed by atoms with van der Waals surface area (Å²) in [5, 5.41) is 9.45. The summed E-state index contributed by atoms with van der Waals surface area (Å²) in [6.45, 7) is 3.74. The number of carbonyl (C=O) groups is 1. The number of carboxylic acid groups (broad SMARTS) is 1. The van der Waals surface area contributed by atoms with Gasteiger partial charge in [-0.3, -0.25) is 4.40 Å². The Hall–Kier alpha value is -2.82. The molecule has 1 N–H and O–H groups in total. The molecule has 0 unspecified atom stereocenters. The van der Waals surface area contributed by atoms with Crippen molar-refractivity contribution in [3.05, 3.63) is 65.6 Å². The van der Waals surface area contributed by atoms with E-state index >= 15 is 0 Å². The van der Waals surface area contributed by atoms with Gasteiger partial charge in [0.2, 0.25) is 0 Å². The summed E-state index contributed by atoms with van der Waals surface area (Å²) in [7, 11) is 0. The number of carboxylic acids is 1. The monoisotopic (exact) mass is 349 g/mol. The van der Waals surface area contributed by atoms with Gasteiger partial charge in [0.05, 0.1) is 11.4 Å². The van der Waals surface area contributed by atoms with Gasteiger partial charge in [-0.1, -0.05) is 30.3 Å². The van der Waals surface area contributed by atoms with Gasteiger partial charge in [0, 0.05) is 19.3 Å². The number of aromatic nitrogens is 2. The Labute approximate surface area is 152 Å². The highest BCUT2D eigenvalue weighted by molar-refractivity contribution is 5.88. The zero-order valence-corrected chi connectivity index (χ0v) is 14.9. The Morgan fingerprint density at radius 3 is 2.58 bits per heavy atom. The molecule has 4 rings (SSSR count). The topological polar surface area (TPSA) is 57.8 Å². The molecule has 0 aliphatic carbocycles. The van der Waals surface area contributed by atoms with Crippen molar-refractivity contribution in [3.63, 3.8) is 0 Å². The third-order valence-corrected chi connectivity index (χ3v) is 5.33. The number of rotatable bonds is 4. The molecular formula is C21H23N3O2. The normalized spacial score (nSPS) is 15.5. The number of imidazole rings is 1. The minimum atomic E-state index is -0.936. The quantitative estimate of drug-likeness (QED) is 0.778. The molecule has 0 radical (unpaired) electrons. The number of hydrogen-bond acceptors (Lipinski definition) is 3. The van der Waals surface area contributed by atoms with E-state index < -0.39 is 5.97 Å². The predicted octanol–water partition coefficient (Wildman–Crippen LogP) is 3.80. The Morgan fingerprint density at radius 2 is 1.88 bits per heavy atom. The smallest absolute Gasteiger partial charge is 0.354 e. The van der Waals surface area contributed by atoms with Crippen molar-refractivity contribution >= 4 is 17.3 Å². The average Bonchev–Trinajstić information content (AvgIpc) is 2.98. The van der Waals surface area contributed by atoms with Crippen LogP contribution < -0.4 is 4.90 Å². The molecule has 3 aromatic rings. The van der Waals surface area contributed by atoms with Crippen molar-refractivity contribution in [2.75, 3.05) is 18.0 Å². The van der Waals surface area contributed by atoms with Crippen LogP contribution in [0.1, 0.15) is 34.6 Å². The standard InChI is InChI=1S/C21H23N3O2/c1-15-20(21(25)26)24-14-18(7-8-19(24)22-15)23-11-9-17(10-12-23)13-16-5-3-2-4-6-16/h2-8,14,17H,9-13H2,1H3,(H,25,26). The molecule has 3 heterocycles. The van der Waals surface area contributed by atoms with Gasteiger partial charge in [-0.15, -0.1) is 0 Å². The third-order valence-electron chi connectivity index (χ3n) is 5.33. The van der Waals surface area contributed by atoms with Crippen LogP contribution in [0.2, 0.25) is 0 Å². The first-order chi connectivity index (χ1) is 12.6. The maximum absolute atomic E-state index is 11.5.